The maximum absolute atomic E-state index is 12.1. The van der Waals surface area contributed by atoms with Gasteiger partial charge < -0.3 is 0 Å². The maximum atomic E-state index is 12.1. The molecule has 1 aliphatic heterocycles. The van der Waals surface area contributed by atoms with E-state index in [1.54, 1.807) is 13.8 Å². The highest BCUT2D eigenvalue weighted by Gasteiger charge is 2.26. The average molecular weight is 234 g/mol. The summed E-state index contributed by atoms with van der Waals surface area (Å²) in [4.78, 5) is 0. The maximum Gasteiger partial charge on any atom is 0.419 e. The Morgan fingerprint density at radius 1 is 1.33 bits per heavy atom. The predicted molar refractivity (Wildman–Crippen MR) is 59.3 cm³/mol. The zero-order chi connectivity index (χ0) is 11.1. The van der Waals surface area contributed by atoms with Crippen LogP contribution in [0.15, 0.2) is 12.2 Å². The van der Waals surface area contributed by atoms with Crippen molar-refractivity contribution in [2.24, 2.45) is 0 Å². The van der Waals surface area contributed by atoms with Crippen LogP contribution in [0, 0.1) is 0 Å². The van der Waals surface area contributed by atoms with E-state index in [0.717, 1.165) is 19.5 Å². The molecule has 0 aromatic carbocycles. The number of hydrogen-bond acceptors (Lipinski definition) is 4. The van der Waals surface area contributed by atoms with Crippen molar-refractivity contribution in [2.75, 3.05) is 26.3 Å². The third-order valence-corrected chi connectivity index (χ3v) is 3.64. The molecule has 15 heavy (non-hydrogen) atoms. The van der Waals surface area contributed by atoms with E-state index in [4.69, 9.17) is 9.05 Å². The molecule has 1 aliphatic rings. The molecule has 0 aliphatic carbocycles. The van der Waals surface area contributed by atoms with E-state index in [-0.39, 0.29) is 0 Å². The van der Waals surface area contributed by atoms with Gasteiger partial charge in [-0.3, -0.25) is 9.05 Å². The van der Waals surface area contributed by atoms with Gasteiger partial charge in [-0.25, -0.2) is 9.57 Å². The lowest BCUT2D eigenvalue weighted by molar-refractivity contribution is 0.163. The van der Waals surface area contributed by atoms with Crippen LogP contribution in [0.5, 0.6) is 0 Å². The quantitative estimate of drug-likeness (QED) is 0.562. The Bertz CT molecular complexity index is 248. The first-order valence-corrected chi connectivity index (χ1v) is 6.81. The molecule has 1 heterocycles. The first-order valence-electron chi connectivity index (χ1n) is 5.27. The van der Waals surface area contributed by atoms with Crippen molar-refractivity contribution in [3.05, 3.63) is 12.2 Å². The molecule has 0 fully saturated rings. The molecule has 5 nitrogen and oxygen atoms in total. The fourth-order valence-corrected chi connectivity index (χ4v) is 2.74. The topological polar surface area (TPSA) is 50.8 Å². The first kappa shape index (κ1) is 12.9. The summed E-state index contributed by atoms with van der Waals surface area (Å²) in [5.41, 5.74) is 0. The molecular weight excluding hydrogens is 215 g/mol. The highest BCUT2D eigenvalue weighted by Crippen LogP contribution is 2.43. The van der Waals surface area contributed by atoms with E-state index >= 15 is 0 Å². The van der Waals surface area contributed by atoms with Gasteiger partial charge in [0.2, 0.25) is 0 Å². The first-order chi connectivity index (χ1) is 7.20. The van der Waals surface area contributed by atoms with Crippen LogP contribution in [0.3, 0.4) is 0 Å². The second-order valence-electron chi connectivity index (χ2n) is 3.14. The Labute approximate surface area is 91.0 Å². The summed E-state index contributed by atoms with van der Waals surface area (Å²) in [6.45, 7) is 5.87. The molecule has 0 saturated heterocycles. The third-order valence-electron chi connectivity index (χ3n) is 1.92. The van der Waals surface area contributed by atoms with Gasteiger partial charge in [-0.1, -0.05) is 12.2 Å². The number of hydrazine groups is 1. The van der Waals surface area contributed by atoms with Gasteiger partial charge in [0.1, 0.15) is 0 Å². The van der Waals surface area contributed by atoms with Crippen LogP contribution in [-0.4, -0.2) is 31.3 Å². The van der Waals surface area contributed by atoms with Gasteiger partial charge in [0.15, 0.2) is 0 Å². The molecule has 1 N–H and O–H groups in total. The highest BCUT2D eigenvalue weighted by molar-refractivity contribution is 7.51. The fraction of sp³-hybridized carbons (Fsp3) is 0.778. The lowest BCUT2D eigenvalue weighted by atomic mass is 10.3. The summed E-state index contributed by atoms with van der Waals surface area (Å²) >= 11 is 0. The molecule has 0 spiro atoms. The van der Waals surface area contributed by atoms with Crippen molar-refractivity contribution in [2.45, 2.75) is 20.3 Å². The van der Waals surface area contributed by atoms with Crippen molar-refractivity contribution < 1.29 is 13.6 Å². The van der Waals surface area contributed by atoms with Crippen molar-refractivity contribution >= 4 is 7.75 Å². The summed E-state index contributed by atoms with van der Waals surface area (Å²) in [5, 5.41) is 4.68. The second kappa shape index (κ2) is 6.40. The standard InChI is InChI=1S/C9H19N2O3P/c1-3-13-15(12,14-4-2)10-11-8-6-5-7-9-11/h5-6H,3-4,7-9H2,1-2H3,(H,10,12). The van der Waals surface area contributed by atoms with Crippen LogP contribution in [-0.2, 0) is 13.6 Å². The Hall–Kier alpha value is -0.190. The van der Waals surface area contributed by atoms with Crippen molar-refractivity contribution in [3.63, 3.8) is 0 Å². The van der Waals surface area contributed by atoms with Gasteiger partial charge >= 0.3 is 7.75 Å². The van der Waals surface area contributed by atoms with Crippen LogP contribution in [0.2, 0.25) is 0 Å². The van der Waals surface area contributed by atoms with E-state index in [1.807, 2.05) is 11.1 Å². The molecule has 1 rings (SSSR count). The monoisotopic (exact) mass is 234 g/mol. The lowest BCUT2D eigenvalue weighted by Gasteiger charge is -2.28. The Morgan fingerprint density at radius 2 is 2.00 bits per heavy atom. The number of rotatable bonds is 6. The summed E-state index contributed by atoms with van der Waals surface area (Å²) < 4.78 is 22.3. The molecular formula is C9H19N2O3P. The predicted octanol–water partition coefficient (Wildman–Crippen LogP) is 1.93. The third kappa shape index (κ3) is 4.45. The smallest absolute Gasteiger partial charge is 0.296 e. The second-order valence-corrected chi connectivity index (χ2v) is 4.85. The van der Waals surface area contributed by atoms with Crippen molar-refractivity contribution in [1.29, 1.82) is 0 Å². The van der Waals surface area contributed by atoms with E-state index < -0.39 is 7.75 Å². The van der Waals surface area contributed by atoms with Gasteiger partial charge in [-0.2, -0.15) is 5.20 Å². The number of nitrogens with one attached hydrogen (secondary N) is 1. The van der Waals surface area contributed by atoms with Crippen LogP contribution >= 0.6 is 7.75 Å². The minimum Gasteiger partial charge on any atom is -0.296 e. The summed E-state index contributed by atoms with van der Waals surface area (Å²) in [6, 6.07) is 0. The lowest BCUT2D eigenvalue weighted by Crippen LogP contribution is -2.39. The van der Waals surface area contributed by atoms with E-state index in [1.165, 1.54) is 0 Å². The van der Waals surface area contributed by atoms with Crippen molar-refractivity contribution in [1.82, 2.24) is 10.2 Å². The molecule has 6 heteroatoms. The minimum absolute atomic E-state index is 0.369. The molecule has 0 saturated carbocycles. The van der Waals surface area contributed by atoms with Gasteiger partial charge in [-0.15, -0.1) is 0 Å². The zero-order valence-electron chi connectivity index (χ0n) is 9.31. The van der Waals surface area contributed by atoms with Crippen molar-refractivity contribution in [3.8, 4) is 0 Å². The highest BCUT2D eigenvalue weighted by atomic mass is 31.2. The van der Waals surface area contributed by atoms with Crippen LogP contribution < -0.4 is 5.20 Å². The fourth-order valence-electron chi connectivity index (χ4n) is 1.34. The van der Waals surface area contributed by atoms with Crippen LogP contribution in [0.4, 0.5) is 0 Å². The molecule has 0 unspecified atom stereocenters. The summed E-state index contributed by atoms with van der Waals surface area (Å²) in [7, 11) is -3.15. The Morgan fingerprint density at radius 3 is 2.47 bits per heavy atom. The molecule has 0 bridgehead atoms. The average Bonchev–Trinajstić information content (AvgIpc) is 2.19. The number of hydrogen-bond donors (Lipinski definition) is 1. The normalized spacial score (nSPS) is 18.3. The van der Waals surface area contributed by atoms with Gasteiger partial charge in [0.05, 0.1) is 13.2 Å². The Balaban J connectivity index is 2.49. The number of nitrogens with zero attached hydrogens (tertiary/aromatic N) is 1. The van der Waals surface area contributed by atoms with Crippen LogP contribution in [0.1, 0.15) is 20.3 Å². The molecule has 88 valence electrons. The Kier molecular flexibility index (Phi) is 5.50. The molecule has 0 atom stereocenters. The largest absolute Gasteiger partial charge is 0.419 e. The van der Waals surface area contributed by atoms with Crippen LogP contribution in [0.25, 0.3) is 0 Å². The summed E-state index contributed by atoms with van der Waals surface area (Å²) in [6.07, 6.45) is 5.08. The van der Waals surface area contributed by atoms with E-state index in [9.17, 15) is 4.57 Å². The molecule has 0 aromatic heterocycles. The van der Waals surface area contributed by atoms with Gasteiger partial charge in [0, 0.05) is 13.1 Å². The molecule has 0 radical (unpaired) electrons. The SMILES string of the molecule is CCOP(=O)(NN1CC=CCC1)OCC. The van der Waals surface area contributed by atoms with Gasteiger partial charge in [-0.05, 0) is 20.3 Å². The molecule has 0 aromatic rings. The molecule has 0 amide bonds. The van der Waals surface area contributed by atoms with E-state index in [2.05, 4.69) is 11.3 Å². The van der Waals surface area contributed by atoms with E-state index in [0.29, 0.717) is 13.2 Å². The summed E-state index contributed by atoms with van der Waals surface area (Å²) in [5.74, 6) is 0. The zero-order valence-corrected chi connectivity index (χ0v) is 10.2. The van der Waals surface area contributed by atoms with Gasteiger partial charge in [0.25, 0.3) is 0 Å². The minimum atomic E-state index is -3.15.